The summed E-state index contributed by atoms with van der Waals surface area (Å²) in [6.45, 7) is 5.98. The van der Waals surface area contributed by atoms with Crippen molar-refractivity contribution in [3.05, 3.63) is 35.4 Å². The summed E-state index contributed by atoms with van der Waals surface area (Å²) in [4.78, 5) is 14.3. The summed E-state index contributed by atoms with van der Waals surface area (Å²) >= 11 is 0. The number of carbonyl (C=O) groups excluding carboxylic acids is 1. The molecule has 1 aliphatic carbocycles. The van der Waals surface area contributed by atoms with Crippen LogP contribution in [0.4, 0.5) is 0 Å². The van der Waals surface area contributed by atoms with Gasteiger partial charge in [-0.05, 0) is 45.1 Å². The quantitative estimate of drug-likeness (QED) is 0.904. The van der Waals surface area contributed by atoms with E-state index in [-0.39, 0.29) is 11.9 Å². The van der Waals surface area contributed by atoms with Crippen LogP contribution < -0.4 is 5.73 Å². The topological polar surface area (TPSA) is 46.3 Å². The van der Waals surface area contributed by atoms with Gasteiger partial charge in [0.2, 0.25) is 5.91 Å². The number of nitrogens with two attached hydrogens (primary N) is 1. The molecule has 104 valence electrons. The molecule has 1 aromatic carbocycles. The van der Waals surface area contributed by atoms with Crippen molar-refractivity contribution in [2.45, 2.75) is 45.2 Å². The van der Waals surface area contributed by atoms with Gasteiger partial charge in [0.25, 0.3) is 0 Å². The molecular formula is C16H24N2O. The first-order valence-electron chi connectivity index (χ1n) is 6.96. The molecule has 1 aliphatic rings. The van der Waals surface area contributed by atoms with Crippen LogP contribution in [-0.4, -0.2) is 23.4 Å². The van der Waals surface area contributed by atoms with Crippen molar-refractivity contribution in [1.29, 1.82) is 0 Å². The molecule has 0 radical (unpaired) electrons. The van der Waals surface area contributed by atoms with Crippen molar-refractivity contribution < 1.29 is 4.79 Å². The van der Waals surface area contributed by atoms with Gasteiger partial charge in [0, 0.05) is 7.05 Å². The lowest BCUT2D eigenvalue weighted by atomic mass is 9.94. The van der Waals surface area contributed by atoms with E-state index in [4.69, 9.17) is 5.73 Å². The summed E-state index contributed by atoms with van der Waals surface area (Å²) in [5, 5.41) is 0. The zero-order chi connectivity index (χ0) is 14.2. The predicted molar refractivity (Wildman–Crippen MR) is 77.7 cm³/mol. The zero-order valence-electron chi connectivity index (χ0n) is 12.3. The van der Waals surface area contributed by atoms with Crippen molar-refractivity contribution in [3.63, 3.8) is 0 Å². The van der Waals surface area contributed by atoms with Gasteiger partial charge in [-0.25, -0.2) is 0 Å². The lowest BCUT2D eigenvalue weighted by Crippen LogP contribution is -2.54. The Kier molecular flexibility index (Phi) is 3.68. The molecule has 2 N–H and O–H groups in total. The Morgan fingerprint density at radius 2 is 1.89 bits per heavy atom. The van der Waals surface area contributed by atoms with Gasteiger partial charge >= 0.3 is 0 Å². The lowest BCUT2D eigenvalue weighted by Gasteiger charge is -2.33. The van der Waals surface area contributed by atoms with Gasteiger partial charge in [0.15, 0.2) is 0 Å². The predicted octanol–water partition coefficient (Wildman–Crippen LogP) is 2.64. The van der Waals surface area contributed by atoms with E-state index in [1.165, 1.54) is 5.56 Å². The van der Waals surface area contributed by atoms with E-state index in [1.54, 1.807) is 4.90 Å². The molecule has 2 atom stereocenters. The SMILES string of the molecule is Cc1ccc(C(C)N(C)C(=O)C(C)(N)C2CC2)cc1. The number of hydrogen-bond acceptors (Lipinski definition) is 2. The van der Waals surface area contributed by atoms with E-state index in [0.29, 0.717) is 5.92 Å². The molecular weight excluding hydrogens is 236 g/mol. The van der Waals surface area contributed by atoms with E-state index >= 15 is 0 Å². The number of likely N-dealkylation sites (N-methyl/N-ethyl adjacent to an activating group) is 1. The maximum atomic E-state index is 12.5. The minimum absolute atomic E-state index is 0.0445. The standard InChI is InChI=1S/C16H24N2O/c1-11-5-7-13(8-6-11)12(2)18(4)15(19)16(3,17)14-9-10-14/h5-8,12,14H,9-10,17H2,1-4H3. The van der Waals surface area contributed by atoms with Gasteiger partial charge < -0.3 is 10.6 Å². The summed E-state index contributed by atoms with van der Waals surface area (Å²) in [6.07, 6.45) is 2.15. The molecule has 0 heterocycles. The Labute approximate surface area is 115 Å². The molecule has 1 aromatic rings. The van der Waals surface area contributed by atoms with Crippen LogP contribution in [0.25, 0.3) is 0 Å². The fourth-order valence-corrected chi connectivity index (χ4v) is 2.48. The van der Waals surface area contributed by atoms with Crippen molar-refractivity contribution >= 4 is 5.91 Å². The molecule has 3 heteroatoms. The fraction of sp³-hybridized carbons (Fsp3) is 0.562. The second-order valence-electron chi connectivity index (χ2n) is 6.06. The minimum Gasteiger partial charge on any atom is -0.337 e. The second kappa shape index (κ2) is 4.97. The summed E-state index contributed by atoms with van der Waals surface area (Å²) in [7, 11) is 1.85. The number of nitrogens with zero attached hydrogens (tertiary/aromatic N) is 1. The average molecular weight is 260 g/mol. The van der Waals surface area contributed by atoms with Crippen LogP contribution in [0, 0.1) is 12.8 Å². The normalized spacial score (nSPS) is 19.6. The first kappa shape index (κ1) is 14.1. The molecule has 2 unspecified atom stereocenters. The van der Waals surface area contributed by atoms with Crippen LogP contribution in [-0.2, 0) is 4.79 Å². The molecule has 3 nitrogen and oxygen atoms in total. The van der Waals surface area contributed by atoms with E-state index in [2.05, 4.69) is 31.2 Å². The first-order valence-corrected chi connectivity index (χ1v) is 6.96. The Hall–Kier alpha value is -1.35. The zero-order valence-corrected chi connectivity index (χ0v) is 12.3. The van der Waals surface area contributed by atoms with Gasteiger partial charge in [-0.15, -0.1) is 0 Å². The minimum atomic E-state index is -0.715. The maximum absolute atomic E-state index is 12.5. The maximum Gasteiger partial charge on any atom is 0.242 e. The summed E-state index contributed by atoms with van der Waals surface area (Å²) < 4.78 is 0. The molecule has 1 amide bonds. The summed E-state index contributed by atoms with van der Waals surface area (Å²) in [6, 6.07) is 8.36. The molecule has 19 heavy (non-hydrogen) atoms. The van der Waals surface area contributed by atoms with Gasteiger partial charge in [0.1, 0.15) is 0 Å². The monoisotopic (exact) mass is 260 g/mol. The van der Waals surface area contributed by atoms with Crippen molar-refractivity contribution in [2.75, 3.05) is 7.05 Å². The van der Waals surface area contributed by atoms with Crippen LogP contribution >= 0.6 is 0 Å². The molecule has 0 aliphatic heterocycles. The number of rotatable bonds is 4. The summed E-state index contributed by atoms with van der Waals surface area (Å²) in [5.41, 5.74) is 7.88. The van der Waals surface area contributed by atoms with Crippen LogP contribution in [0.1, 0.15) is 43.9 Å². The smallest absolute Gasteiger partial charge is 0.242 e. The van der Waals surface area contributed by atoms with Crippen molar-refractivity contribution in [2.24, 2.45) is 11.7 Å². The van der Waals surface area contributed by atoms with Crippen LogP contribution in [0.2, 0.25) is 0 Å². The Morgan fingerprint density at radius 3 is 2.37 bits per heavy atom. The molecule has 0 saturated heterocycles. The van der Waals surface area contributed by atoms with Gasteiger partial charge in [-0.1, -0.05) is 29.8 Å². The van der Waals surface area contributed by atoms with E-state index in [1.807, 2.05) is 20.9 Å². The fourth-order valence-electron chi connectivity index (χ4n) is 2.48. The van der Waals surface area contributed by atoms with E-state index in [0.717, 1.165) is 18.4 Å². The van der Waals surface area contributed by atoms with Crippen molar-refractivity contribution in [1.82, 2.24) is 4.90 Å². The highest BCUT2D eigenvalue weighted by Gasteiger charge is 2.45. The average Bonchev–Trinajstić information content (AvgIpc) is 3.21. The number of carbonyl (C=O) groups is 1. The van der Waals surface area contributed by atoms with Gasteiger partial charge in [0.05, 0.1) is 11.6 Å². The number of benzene rings is 1. The molecule has 2 rings (SSSR count). The van der Waals surface area contributed by atoms with Crippen molar-refractivity contribution in [3.8, 4) is 0 Å². The molecule has 0 spiro atoms. The highest BCUT2D eigenvalue weighted by molar-refractivity contribution is 5.86. The summed E-state index contributed by atoms with van der Waals surface area (Å²) in [5.74, 6) is 0.399. The van der Waals surface area contributed by atoms with Crippen LogP contribution in [0.5, 0.6) is 0 Å². The Morgan fingerprint density at radius 1 is 1.37 bits per heavy atom. The number of aryl methyl sites for hydroxylation is 1. The largest absolute Gasteiger partial charge is 0.337 e. The van der Waals surface area contributed by atoms with E-state index < -0.39 is 5.54 Å². The third-order valence-electron chi connectivity index (χ3n) is 4.35. The van der Waals surface area contributed by atoms with Gasteiger partial charge in [-0.3, -0.25) is 4.79 Å². The first-order chi connectivity index (χ1) is 8.84. The Balaban J connectivity index is 2.12. The molecule has 1 fully saturated rings. The van der Waals surface area contributed by atoms with Gasteiger partial charge in [-0.2, -0.15) is 0 Å². The third kappa shape index (κ3) is 2.81. The third-order valence-corrected chi connectivity index (χ3v) is 4.35. The molecule has 0 bridgehead atoms. The Bertz CT molecular complexity index is 460. The van der Waals surface area contributed by atoms with Crippen LogP contribution in [0.15, 0.2) is 24.3 Å². The van der Waals surface area contributed by atoms with E-state index in [9.17, 15) is 4.79 Å². The number of amides is 1. The molecule has 1 saturated carbocycles. The lowest BCUT2D eigenvalue weighted by molar-refractivity contribution is -0.137. The second-order valence-corrected chi connectivity index (χ2v) is 6.06. The highest BCUT2D eigenvalue weighted by atomic mass is 16.2. The number of hydrogen-bond donors (Lipinski definition) is 1. The van der Waals surface area contributed by atoms with Crippen LogP contribution in [0.3, 0.4) is 0 Å². The highest BCUT2D eigenvalue weighted by Crippen LogP contribution is 2.39. The molecule has 0 aromatic heterocycles.